The van der Waals surface area contributed by atoms with E-state index in [0.717, 1.165) is 49.4 Å². The van der Waals surface area contributed by atoms with Gasteiger partial charge in [-0.3, -0.25) is 4.79 Å². The van der Waals surface area contributed by atoms with Gasteiger partial charge in [0.1, 0.15) is 0 Å². The molecule has 148 valence electrons. The highest BCUT2D eigenvalue weighted by molar-refractivity contribution is 7.17. The summed E-state index contributed by atoms with van der Waals surface area (Å²) in [5, 5.41) is 11.2. The van der Waals surface area contributed by atoms with Crippen LogP contribution < -0.4 is 4.90 Å². The van der Waals surface area contributed by atoms with E-state index in [1.165, 1.54) is 35.1 Å². The molecule has 1 saturated heterocycles. The molecule has 0 saturated carbocycles. The van der Waals surface area contributed by atoms with E-state index in [4.69, 9.17) is 0 Å². The van der Waals surface area contributed by atoms with E-state index < -0.39 is 0 Å². The maximum atomic E-state index is 12.9. The number of nitrogens with one attached hydrogen (secondary N) is 1. The molecule has 1 unspecified atom stereocenters. The fourth-order valence-corrected chi connectivity index (χ4v) is 4.94. The van der Waals surface area contributed by atoms with Gasteiger partial charge in [-0.15, -0.1) is 10.2 Å². The second-order valence-electron chi connectivity index (χ2n) is 7.78. The molecule has 1 aromatic carbocycles. The van der Waals surface area contributed by atoms with E-state index in [1.54, 1.807) is 0 Å². The fourth-order valence-electron chi connectivity index (χ4n) is 4.09. The van der Waals surface area contributed by atoms with Crippen molar-refractivity contribution in [2.75, 3.05) is 18.0 Å². The molecule has 0 radical (unpaired) electrons. The minimum Gasteiger partial charge on any atom is -0.361 e. The second kappa shape index (κ2) is 8.86. The highest BCUT2D eigenvalue weighted by Gasteiger charge is 2.22. The van der Waals surface area contributed by atoms with Crippen molar-refractivity contribution in [2.24, 2.45) is 5.92 Å². The molecule has 5 nitrogen and oxygen atoms in total. The summed E-state index contributed by atoms with van der Waals surface area (Å²) in [6.07, 6.45) is 9.34. The number of fused-ring (bicyclic) bond motifs is 1. The zero-order valence-corrected chi connectivity index (χ0v) is 17.3. The van der Waals surface area contributed by atoms with Gasteiger partial charge in [0, 0.05) is 36.6 Å². The van der Waals surface area contributed by atoms with Gasteiger partial charge in [0.2, 0.25) is 5.13 Å². The van der Waals surface area contributed by atoms with Gasteiger partial charge in [-0.2, -0.15) is 0 Å². The molecule has 6 heteroatoms. The Morgan fingerprint density at radius 2 is 2.07 bits per heavy atom. The second-order valence-corrected chi connectivity index (χ2v) is 8.74. The Kier molecular flexibility index (Phi) is 6.05. The van der Waals surface area contributed by atoms with Crippen LogP contribution in [0.3, 0.4) is 0 Å². The first-order valence-corrected chi connectivity index (χ1v) is 11.2. The van der Waals surface area contributed by atoms with Crippen LogP contribution in [-0.2, 0) is 6.42 Å². The quantitative estimate of drug-likeness (QED) is 0.502. The van der Waals surface area contributed by atoms with Gasteiger partial charge in [0.15, 0.2) is 10.8 Å². The van der Waals surface area contributed by atoms with Gasteiger partial charge < -0.3 is 9.88 Å². The number of H-pyrrole nitrogens is 1. The predicted octanol–water partition coefficient (Wildman–Crippen LogP) is 5.24. The lowest BCUT2D eigenvalue weighted by molar-refractivity contribution is 0.0957. The maximum Gasteiger partial charge on any atom is 0.208 e. The molecule has 0 bridgehead atoms. The molecule has 3 aromatic rings. The third kappa shape index (κ3) is 4.27. The van der Waals surface area contributed by atoms with Crippen LogP contribution in [0.4, 0.5) is 5.13 Å². The van der Waals surface area contributed by atoms with Crippen LogP contribution in [0.25, 0.3) is 10.9 Å². The lowest BCUT2D eigenvalue weighted by Crippen LogP contribution is -2.17. The first kappa shape index (κ1) is 19.1. The summed E-state index contributed by atoms with van der Waals surface area (Å²) in [5.41, 5.74) is 2.47. The number of hydrogen-bond acceptors (Lipinski definition) is 5. The van der Waals surface area contributed by atoms with E-state index in [2.05, 4.69) is 51.4 Å². The van der Waals surface area contributed by atoms with Gasteiger partial charge >= 0.3 is 0 Å². The number of carbonyl (C=O) groups excluding carboxylic acids is 1. The Morgan fingerprint density at radius 3 is 2.89 bits per heavy atom. The number of benzene rings is 1. The Hall–Kier alpha value is -2.21. The van der Waals surface area contributed by atoms with Crippen LogP contribution in [0.15, 0.2) is 30.5 Å². The first-order chi connectivity index (χ1) is 13.7. The molecule has 2 aromatic heterocycles. The minimum atomic E-state index is 0.142. The Bertz CT molecular complexity index is 925. The van der Waals surface area contributed by atoms with Crippen molar-refractivity contribution in [3.8, 4) is 0 Å². The van der Waals surface area contributed by atoms with Crippen LogP contribution in [0.5, 0.6) is 0 Å². The molecule has 0 amide bonds. The molecule has 1 aliphatic heterocycles. The monoisotopic (exact) mass is 396 g/mol. The van der Waals surface area contributed by atoms with Crippen molar-refractivity contribution >= 4 is 33.2 Å². The number of ketones is 1. The fraction of sp³-hybridized carbons (Fsp3) is 0.500. The molecule has 0 spiro atoms. The lowest BCUT2D eigenvalue weighted by Gasteiger charge is -2.15. The number of Topliss-reactive ketones (excluding diaryl/α,β-unsaturated/α-hetero) is 1. The third-order valence-electron chi connectivity index (χ3n) is 5.65. The number of hydrogen-bond donors (Lipinski definition) is 1. The summed E-state index contributed by atoms with van der Waals surface area (Å²) >= 11 is 1.46. The van der Waals surface area contributed by atoms with Crippen LogP contribution in [0.2, 0.25) is 0 Å². The molecule has 1 N–H and O–H groups in total. The molecule has 3 heterocycles. The largest absolute Gasteiger partial charge is 0.361 e. The zero-order chi connectivity index (χ0) is 19.3. The number of para-hydroxylation sites is 1. The van der Waals surface area contributed by atoms with Crippen LogP contribution in [0.1, 0.15) is 60.8 Å². The summed E-state index contributed by atoms with van der Waals surface area (Å²) in [5.74, 6) is 0.481. The average Bonchev–Trinajstić information content (AvgIpc) is 3.46. The van der Waals surface area contributed by atoms with E-state index in [-0.39, 0.29) is 5.78 Å². The normalized spacial score (nSPS) is 15.4. The standard InChI is InChI=1S/C22H28N4OS/c1-2-3-8-16(13-17-15-23-19-10-5-4-9-18(17)19)14-20(27)21-24-25-22(28-21)26-11-6-7-12-26/h4-5,9-10,15-16,23H,2-3,6-8,11-14H2,1H3. The van der Waals surface area contributed by atoms with Gasteiger partial charge in [-0.05, 0) is 43.2 Å². The first-order valence-electron chi connectivity index (χ1n) is 10.4. The summed E-state index contributed by atoms with van der Waals surface area (Å²) in [7, 11) is 0. The van der Waals surface area contributed by atoms with Crippen LogP contribution in [0, 0.1) is 5.92 Å². The van der Waals surface area contributed by atoms with Crippen molar-refractivity contribution < 1.29 is 4.79 Å². The number of nitrogens with zero attached hydrogens (tertiary/aromatic N) is 3. The topological polar surface area (TPSA) is 61.9 Å². The Balaban J connectivity index is 1.46. The molecule has 1 fully saturated rings. The third-order valence-corrected chi connectivity index (χ3v) is 6.68. The van der Waals surface area contributed by atoms with E-state index in [0.29, 0.717) is 17.3 Å². The van der Waals surface area contributed by atoms with Crippen molar-refractivity contribution in [3.63, 3.8) is 0 Å². The molecule has 4 rings (SSSR count). The molecule has 1 aliphatic rings. The number of carbonyl (C=O) groups is 1. The predicted molar refractivity (Wildman–Crippen MR) is 115 cm³/mol. The number of aromatic nitrogens is 3. The van der Waals surface area contributed by atoms with Gasteiger partial charge in [-0.1, -0.05) is 49.3 Å². The Morgan fingerprint density at radius 1 is 1.25 bits per heavy atom. The highest BCUT2D eigenvalue weighted by Crippen LogP contribution is 2.28. The van der Waals surface area contributed by atoms with Gasteiger partial charge in [0.05, 0.1) is 0 Å². The molecule has 28 heavy (non-hydrogen) atoms. The van der Waals surface area contributed by atoms with E-state index in [9.17, 15) is 4.79 Å². The molecule has 0 aliphatic carbocycles. The van der Waals surface area contributed by atoms with Gasteiger partial charge in [-0.25, -0.2) is 0 Å². The summed E-state index contributed by atoms with van der Waals surface area (Å²) in [4.78, 5) is 18.5. The van der Waals surface area contributed by atoms with Crippen molar-refractivity contribution in [3.05, 3.63) is 41.0 Å². The van der Waals surface area contributed by atoms with Crippen molar-refractivity contribution in [1.29, 1.82) is 0 Å². The smallest absolute Gasteiger partial charge is 0.208 e. The van der Waals surface area contributed by atoms with E-state index in [1.807, 2.05) is 6.07 Å². The SMILES string of the molecule is CCCCC(CC(=O)c1nnc(N2CCCC2)s1)Cc1c[nH]c2ccccc12. The lowest BCUT2D eigenvalue weighted by atomic mass is 9.89. The Labute approximate surface area is 170 Å². The van der Waals surface area contributed by atoms with Crippen LogP contribution in [-0.4, -0.2) is 34.1 Å². The zero-order valence-electron chi connectivity index (χ0n) is 16.5. The summed E-state index contributed by atoms with van der Waals surface area (Å²) < 4.78 is 0. The number of unbranched alkanes of at least 4 members (excludes halogenated alkanes) is 1. The highest BCUT2D eigenvalue weighted by atomic mass is 32.1. The number of aromatic amines is 1. The van der Waals surface area contributed by atoms with Gasteiger partial charge in [0.25, 0.3) is 0 Å². The molecular weight excluding hydrogens is 368 g/mol. The molecular formula is C22H28N4OS. The van der Waals surface area contributed by atoms with E-state index >= 15 is 0 Å². The number of rotatable bonds is 9. The van der Waals surface area contributed by atoms with Crippen molar-refractivity contribution in [2.45, 2.75) is 51.9 Å². The number of anilines is 1. The average molecular weight is 397 g/mol. The molecule has 1 atom stereocenters. The summed E-state index contributed by atoms with van der Waals surface area (Å²) in [6.45, 7) is 4.27. The van der Waals surface area contributed by atoms with Crippen LogP contribution >= 0.6 is 11.3 Å². The van der Waals surface area contributed by atoms with Crippen molar-refractivity contribution in [1.82, 2.24) is 15.2 Å². The summed E-state index contributed by atoms with van der Waals surface area (Å²) in [6, 6.07) is 8.39. The maximum absolute atomic E-state index is 12.9. The minimum absolute atomic E-state index is 0.142.